The lowest BCUT2D eigenvalue weighted by Crippen LogP contribution is -2.32. The number of rotatable bonds is 4. The van der Waals surface area contributed by atoms with E-state index in [1.165, 1.54) is 17.8 Å². The van der Waals surface area contributed by atoms with Gasteiger partial charge in [0, 0.05) is 13.2 Å². The number of nitrogens with one attached hydrogen (secondary N) is 1. The maximum absolute atomic E-state index is 12.6. The number of carbonyl (C=O) groups excluding carboxylic acids is 1. The summed E-state index contributed by atoms with van der Waals surface area (Å²) in [7, 11) is 1.63. The van der Waals surface area contributed by atoms with Crippen molar-refractivity contribution in [1.82, 2.24) is 20.1 Å². The van der Waals surface area contributed by atoms with E-state index in [2.05, 4.69) is 15.4 Å². The van der Waals surface area contributed by atoms with Crippen molar-refractivity contribution >= 4 is 17.2 Å². The molecule has 0 bridgehead atoms. The molecule has 1 unspecified atom stereocenters. The lowest BCUT2D eigenvalue weighted by molar-refractivity contribution is -0.137. The number of aromatic nitrogens is 3. The number of aliphatic hydroxyl groups is 1. The molecule has 0 fully saturated rings. The second-order valence-electron chi connectivity index (χ2n) is 4.52. The normalized spacial score (nSPS) is 13.2. The van der Waals surface area contributed by atoms with Crippen LogP contribution in [-0.2, 0) is 13.2 Å². The first-order valence-electron chi connectivity index (χ1n) is 6.18. The van der Waals surface area contributed by atoms with Crippen molar-refractivity contribution in [3.63, 3.8) is 0 Å². The lowest BCUT2D eigenvalue weighted by Gasteiger charge is -2.16. The third kappa shape index (κ3) is 3.28. The Bertz CT molecular complexity index is 680. The van der Waals surface area contributed by atoms with Crippen LogP contribution in [0.15, 0.2) is 12.3 Å². The number of aryl methyl sites for hydroxylation is 2. The molecule has 120 valence electrons. The maximum atomic E-state index is 12.6. The molecule has 2 heterocycles. The van der Waals surface area contributed by atoms with Gasteiger partial charge >= 0.3 is 6.18 Å². The average Bonchev–Trinajstić information content (AvgIpc) is 3.01. The van der Waals surface area contributed by atoms with Crippen LogP contribution in [-0.4, -0.2) is 32.4 Å². The summed E-state index contributed by atoms with van der Waals surface area (Å²) in [6.45, 7) is 0.925. The average molecular weight is 334 g/mol. The van der Waals surface area contributed by atoms with Crippen LogP contribution in [0.3, 0.4) is 0 Å². The van der Waals surface area contributed by atoms with Crippen LogP contribution in [0.1, 0.15) is 32.1 Å². The maximum Gasteiger partial charge on any atom is 0.443 e. The Balaban J connectivity index is 2.22. The molecule has 0 aliphatic heterocycles. The first-order chi connectivity index (χ1) is 10.2. The van der Waals surface area contributed by atoms with Gasteiger partial charge in [-0.1, -0.05) is 0 Å². The standard InChI is InChI=1S/C12H13F3N4O2S/c1-6-9(22-11(17-6)12(13,14)15)10(21)18-7(5-20)8-3-4-16-19(8)2/h3-4,7,20H,5H2,1-2H3,(H,18,21). The fraction of sp³-hybridized carbons (Fsp3) is 0.417. The van der Waals surface area contributed by atoms with E-state index in [1.54, 1.807) is 13.1 Å². The van der Waals surface area contributed by atoms with E-state index in [4.69, 9.17) is 0 Å². The van der Waals surface area contributed by atoms with Gasteiger partial charge in [-0.2, -0.15) is 18.3 Å². The fourth-order valence-corrected chi connectivity index (χ4v) is 2.73. The van der Waals surface area contributed by atoms with Gasteiger partial charge in [0.2, 0.25) is 0 Å². The van der Waals surface area contributed by atoms with Gasteiger partial charge in [0.05, 0.1) is 24.0 Å². The molecular formula is C12H13F3N4O2S. The number of amides is 1. The molecule has 2 N–H and O–H groups in total. The number of thiazole rings is 1. The second kappa shape index (κ2) is 6.05. The van der Waals surface area contributed by atoms with E-state index in [9.17, 15) is 23.1 Å². The van der Waals surface area contributed by atoms with E-state index >= 15 is 0 Å². The summed E-state index contributed by atoms with van der Waals surface area (Å²) in [4.78, 5) is 15.4. The van der Waals surface area contributed by atoms with Crippen molar-refractivity contribution in [3.8, 4) is 0 Å². The number of hydrogen-bond acceptors (Lipinski definition) is 5. The molecule has 0 aliphatic rings. The van der Waals surface area contributed by atoms with Crippen molar-refractivity contribution < 1.29 is 23.1 Å². The van der Waals surface area contributed by atoms with Gasteiger partial charge < -0.3 is 10.4 Å². The van der Waals surface area contributed by atoms with Crippen molar-refractivity contribution in [2.45, 2.75) is 19.1 Å². The summed E-state index contributed by atoms with van der Waals surface area (Å²) in [5, 5.41) is 14.7. The van der Waals surface area contributed by atoms with Gasteiger partial charge in [0.25, 0.3) is 5.91 Å². The first kappa shape index (κ1) is 16.4. The highest BCUT2D eigenvalue weighted by molar-refractivity contribution is 7.13. The van der Waals surface area contributed by atoms with E-state index in [-0.39, 0.29) is 21.9 Å². The van der Waals surface area contributed by atoms with Crippen molar-refractivity contribution in [2.75, 3.05) is 6.61 Å². The van der Waals surface area contributed by atoms with E-state index in [1.807, 2.05) is 0 Å². The predicted octanol–water partition coefficient (Wildman–Crippen LogP) is 1.67. The van der Waals surface area contributed by atoms with Gasteiger partial charge in [-0.15, -0.1) is 11.3 Å². The van der Waals surface area contributed by atoms with Crippen LogP contribution < -0.4 is 5.32 Å². The monoisotopic (exact) mass is 334 g/mol. The third-order valence-corrected chi connectivity index (χ3v) is 4.15. The fourth-order valence-electron chi connectivity index (χ4n) is 1.89. The summed E-state index contributed by atoms with van der Waals surface area (Å²) in [6, 6.07) is 0.831. The number of alkyl halides is 3. The van der Waals surface area contributed by atoms with Crippen molar-refractivity contribution in [2.24, 2.45) is 7.05 Å². The molecule has 2 aromatic heterocycles. The number of aliphatic hydroxyl groups excluding tert-OH is 1. The summed E-state index contributed by atoms with van der Waals surface area (Å²) in [5.74, 6) is -0.717. The minimum atomic E-state index is -4.59. The van der Waals surface area contributed by atoms with Crippen LogP contribution in [0.2, 0.25) is 0 Å². The summed E-state index contributed by atoms with van der Waals surface area (Å²) in [6.07, 6.45) is -3.10. The van der Waals surface area contributed by atoms with Gasteiger partial charge in [-0.25, -0.2) is 4.98 Å². The molecule has 0 aliphatic carbocycles. The number of nitrogens with zero attached hydrogens (tertiary/aromatic N) is 3. The van der Waals surface area contributed by atoms with Crippen LogP contribution in [0.5, 0.6) is 0 Å². The first-order valence-corrected chi connectivity index (χ1v) is 7.00. The molecule has 2 aromatic rings. The predicted molar refractivity (Wildman–Crippen MR) is 72.4 cm³/mol. The zero-order valence-corrected chi connectivity index (χ0v) is 12.5. The highest BCUT2D eigenvalue weighted by Gasteiger charge is 2.36. The van der Waals surface area contributed by atoms with E-state index < -0.39 is 29.7 Å². The van der Waals surface area contributed by atoms with Crippen LogP contribution >= 0.6 is 11.3 Å². The molecule has 0 saturated carbocycles. The van der Waals surface area contributed by atoms with Crippen LogP contribution in [0.25, 0.3) is 0 Å². The summed E-state index contributed by atoms with van der Waals surface area (Å²) in [5.41, 5.74) is 0.533. The molecule has 22 heavy (non-hydrogen) atoms. The Kier molecular flexibility index (Phi) is 4.52. The van der Waals surface area contributed by atoms with Crippen LogP contribution in [0, 0.1) is 6.92 Å². The van der Waals surface area contributed by atoms with Gasteiger partial charge in [0.1, 0.15) is 4.88 Å². The molecule has 10 heteroatoms. The molecule has 0 aromatic carbocycles. The summed E-state index contributed by atoms with van der Waals surface area (Å²) < 4.78 is 39.3. The Hall–Kier alpha value is -1.94. The second-order valence-corrected chi connectivity index (χ2v) is 5.52. The highest BCUT2D eigenvalue weighted by atomic mass is 32.1. The zero-order valence-electron chi connectivity index (χ0n) is 11.7. The summed E-state index contributed by atoms with van der Waals surface area (Å²) >= 11 is 0.276. The largest absolute Gasteiger partial charge is 0.443 e. The SMILES string of the molecule is Cc1nc(C(F)(F)F)sc1C(=O)NC(CO)c1ccnn1C. The molecule has 6 nitrogen and oxygen atoms in total. The molecule has 2 rings (SSSR count). The smallest absolute Gasteiger partial charge is 0.394 e. The van der Waals surface area contributed by atoms with Crippen molar-refractivity contribution in [1.29, 1.82) is 0 Å². The molecule has 1 atom stereocenters. The number of halogens is 3. The molecule has 1 amide bonds. The number of hydrogen-bond donors (Lipinski definition) is 2. The Morgan fingerprint density at radius 3 is 2.68 bits per heavy atom. The minimum absolute atomic E-state index is 0.00322. The Labute approximate surface area is 127 Å². The number of carbonyl (C=O) groups is 1. The molecular weight excluding hydrogens is 321 g/mol. The molecule has 0 spiro atoms. The van der Waals surface area contributed by atoms with Gasteiger partial charge in [-0.05, 0) is 13.0 Å². The quantitative estimate of drug-likeness (QED) is 0.891. The zero-order chi connectivity index (χ0) is 16.5. The van der Waals surface area contributed by atoms with E-state index in [0.717, 1.165) is 0 Å². The minimum Gasteiger partial charge on any atom is -0.394 e. The molecule has 0 radical (unpaired) electrons. The van der Waals surface area contributed by atoms with Gasteiger partial charge in [0.15, 0.2) is 5.01 Å². The molecule has 0 saturated heterocycles. The Morgan fingerprint density at radius 2 is 2.23 bits per heavy atom. The van der Waals surface area contributed by atoms with E-state index in [0.29, 0.717) is 5.69 Å². The highest BCUT2D eigenvalue weighted by Crippen LogP contribution is 2.34. The topological polar surface area (TPSA) is 80.0 Å². The van der Waals surface area contributed by atoms with Crippen molar-refractivity contribution in [3.05, 3.63) is 33.5 Å². The van der Waals surface area contributed by atoms with Gasteiger partial charge in [-0.3, -0.25) is 9.48 Å². The van der Waals surface area contributed by atoms with Crippen LogP contribution in [0.4, 0.5) is 13.2 Å². The third-order valence-electron chi connectivity index (χ3n) is 2.95. The lowest BCUT2D eigenvalue weighted by atomic mass is 10.2. The Morgan fingerprint density at radius 1 is 1.55 bits per heavy atom.